The third-order valence-corrected chi connectivity index (χ3v) is 15.5. The van der Waals surface area contributed by atoms with Gasteiger partial charge in [-0.15, -0.1) is 0 Å². The Hall–Kier alpha value is -4.27. The number of nitrogens with one attached hydrogen (secondary N) is 5. The van der Waals surface area contributed by atoms with E-state index in [0.717, 1.165) is 49.6 Å². The van der Waals surface area contributed by atoms with E-state index in [9.17, 15) is 33.7 Å². The molecular formula is C62H104N5O10P. The van der Waals surface area contributed by atoms with Crippen molar-refractivity contribution in [2.75, 3.05) is 26.3 Å². The van der Waals surface area contributed by atoms with Gasteiger partial charge in [0.1, 0.15) is 24.4 Å². The first kappa shape index (κ1) is 68.0. The Morgan fingerprint density at radius 1 is 0.615 bits per heavy atom. The first-order valence-electron chi connectivity index (χ1n) is 30.6. The minimum Gasteiger partial charge on any atom is -0.489 e. The van der Waals surface area contributed by atoms with Crippen LogP contribution in [0.5, 0.6) is 5.75 Å². The second-order valence-electron chi connectivity index (χ2n) is 21.9. The Labute approximate surface area is 469 Å². The molecule has 15 nitrogen and oxygen atoms in total. The molecule has 442 valence electrons. The van der Waals surface area contributed by atoms with Gasteiger partial charge < -0.3 is 41.0 Å². The van der Waals surface area contributed by atoms with Crippen molar-refractivity contribution in [2.45, 2.75) is 252 Å². The van der Waals surface area contributed by atoms with Crippen LogP contribution >= 0.6 is 7.82 Å². The lowest BCUT2D eigenvalue weighted by Crippen LogP contribution is -2.50. The molecule has 4 amide bonds. The quantitative estimate of drug-likeness (QED) is 0.0210. The smallest absolute Gasteiger partial charge is 0.472 e. The van der Waals surface area contributed by atoms with E-state index in [0.29, 0.717) is 42.6 Å². The van der Waals surface area contributed by atoms with Crippen molar-refractivity contribution in [2.24, 2.45) is 5.92 Å². The molecule has 0 aliphatic carbocycles. The average molecular weight is 1110 g/mol. The van der Waals surface area contributed by atoms with E-state index in [1.165, 1.54) is 135 Å². The molecule has 0 saturated carbocycles. The SMILES string of the molecule is CCCCCCCCCCCCCCCCCCCC(=O)N[C@@H](COP(=O)(O)OCCNC(=O)[C@@H](NC(=O)c1c[nH]c2ccc(OCc3ccccc3)cc12)C(C)C)C(=O)NCCC(O)CCCCCCCCCCCCC. The van der Waals surface area contributed by atoms with Crippen LogP contribution in [-0.2, 0) is 34.6 Å². The zero-order valence-corrected chi connectivity index (χ0v) is 49.5. The van der Waals surface area contributed by atoms with Crippen molar-refractivity contribution >= 4 is 42.4 Å². The molecule has 4 atom stereocenters. The third kappa shape index (κ3) is 31.5. The summed E-state index contributed by atoms with van der Waals surface area (Å²) in [6.45, 7) is 7.32. The van der Waals surface area contributed by atoms with Crippen LogP contribution in [0.4, 0.5) is 0 Å². The number of ether oxygens (including phenoxy) is 1. The van der Waals surface area contributed by atoms with Gasteiger partial charge in [-0.2, -0.15) is 0 Å². The van der Waals surface area contributed by atoms with Gasteiger partial charge in [-0.3, -0.25) is 28.2 Å². The Morgan fingerprint density at radius 3 is 1.69 bits per heavy atom. The maximum atomic E-state index is 13.6. The molecule has 1 heterocycles. The number of fused-ring (bicyclic) bond motifs is 1. The highest BCUT2D eigenvalue weighted by atomic mass is 31.2. The number of phosphoric ester groups is 1. The highest BCUT2D eigenvalue weighted by molar-refractivity contribution is 7.47. The topological polar surface area (TPSA) is 217 Å². The summed E-state index contributed by atoms with van der Waals surface area (Å²) in [5, 5.41) is 22.2. The van der Waals surface area contributed by atoms with Crippen LogP contribution in [0, 0.1) is 5.92 Å². The molecule has 7 N–H and O–H groups in total. The summed E-state index contributed by atoms with van der Waals surface area (Å²) in [6, 6.07) is 12.9. The highest BCUT2D eigenvalue weighted by Crippen LogP contribution is 2.43. The van der Waals surface area contributed by atoms with Gasteiger partial charge in [-0.05, 0) is 48.9 Å². The summed E-state index contributed by atoms with van der Waals surface area (Å²) in [4.78, 5) is 67.3. The number of hydrogen-bond acceptors (Lipinski definition) is 9. The largest absolute Gasteiger partial charge is 0.489 e. The molecule has 0 saturated heterocycles. The Kier molecular flexibility index (Phi) is 37.1. The molecule has 16 heteroatoms. The molecule has 78 heavy (non-hydrogen) atoms. The molecule has 2 unspecified atom stereocenters. The maximum Gasteiger partial charge on any atom is 0.472 e. The van der Waals surface area contributed by atoms with Crippen LogP contribution < -0.4 is 26.0 Å². The predicted molar refractivity (Wildman–Crippen MR) is 315 cm³/mol. The van der Waals surface area contributed by atoms with Gasteiger partial charge in [0.2, 0.25) is 17.7 Å². The van der Waals surface area contributed by atoms with Gasteiger partial charge in [-0.25, -0.2) is 4.57 Å². The number of phosphoric acid groups is 1. The van der Waals surface area contributed by atoms with E-state index in [1.54, 1.807) is 26.1 Å². The minimum absolute atomic E-state index is 0.154. The number of aliphatic hydroxyl groups is 1. The van der Waals surface area contributed by atoms with Gasteiger partial charge in [0.25, 0.3) is 5.91 Å². The summed E-state index contributed by atoms with van der Waals surface area (Å²) in [7, 11) is -4.77. The summed E-state index contributed by atoms with van der Waals surface area (Å²) >= 11 is 0. The normalized spacial score (nSPS) is 13.5. The molecule has 0 spiro atoms. The first-order chi connectivity index (χ1) is 37.8. The van der Waals surface area contributed by atoms with Crippen molar-refractivity contribution < 1.29 is 47.5 Å². The summed E-state index contributed by atoms with van der Waals surface area (Å²) < 4.78 is 29.5. The number of rotatable bonds is 49. The molecule has 0 bridgehead atoms. The van der Waals surface area contributed by atoms with Crippen molar-refractivity contribution in [3.8, 4) is 5.75 Å². The number of unbranched alkanes of at least 4 members (excludes halogenated alkanes) is 26. The molecule has 3 rings (SSSR count). The summed E-state index contributed by atoms with van der Waals surface area (Å²) in [5.41, 5.74) is 2.06. The fourth-order valence-electron chi connectivity index (χ4n) is 9.66. The highest BCUT2D eigenvalue weighted by Gasteiger charge is 2.29. The molecule has 1 aromatic heterocycles. The molecule has 0 fully saturated rings. The maximum absolute atomic E-state index is 13.6. The van der Waals surface area contributed by atoms with E-state index >= 15 is 0 Å². The van der Waals surface area contributed by atoms with Crippen molar-refractivity contribution in [3.63, 3.8) is 0 Å². The lowest BCUT2D eigenvalue weighted by atomic mass is 10.0. The zero-order valence-electron chi connectivity index (χ0n) is 48.6. The Morgan fingerprint density at radius 2 is 1.14 bits per heavy atom. The standard InChI is InChI=1S/C62H104N5O10P/c1-5-7-9-11-13-15-17-18-19-20-21-22-24-26-28-30-35-39-58(69)66-57(61(71)63-43-42-52(68)38-34-29-27-25-23-16-14-12-10-8-6-2)49-77-78(73,74)76-45-44-64-62(72)59(50(3)4)67-60(70)55-47-65-56-41-40-53(46-54(55)56)75-48-51-36-32-31-33-37-51/h31-33,36-37,40-41,46-47,50,52,57,59,65,68H,5-30,34-35,38-39,42-45,48-49H2,1-4H3,(H,63,71)(H,64,72)(H,66,69)(H,67,70)(H,73,74)/t52?,57-,59-/m0/s1. The second-order valence-corrected chi connectivity index (χ2v) is 23.3. The van der Waals surface area contributed by atoms with E-state index < -0.39 is 56.9 Å². The van der Waals surface area contributed by atoms with Crippen LogP contribution in [0.1, 0.15) is 243 Å². The number of H-pyrrole nitrogens is 1. The van der Waals surface area contributed by atoms with Crippen LogP contribution in [0.2, 0.25) is 0 Å². The fraction of sp³-hybridized carbons (Fsp3) is 0.710. The molecule has 0 aliphatic rings. The van der Waals surface area contributed by atoms with Gasteiger partial charge in [0, 0.05) is 36.6 Å². The van der Waals surface area contributed by atoms with Crippen LogP contribution in [-0.4, -0.2) is 83.1 Å². The predicted octanol–water partition coefficient (Wildman–Crippen LogP) is 13.8. The summed E-state index contributed by atoms with van der Waals surface area (Å²) in [5.74, 6) is -1.71. The van der Waals surface area contributed by atoms with Crippen molar-refractivity contribution in [3.05, 3.63) is 65.9 Å². The first-order valence-corrected chi connectivity index (χ1v) is 32.1. The number of amides is 4. The number of aliphatic hydroxyl groups excluding tert-OH is 1. The third-order valence-electron chi connectivity index (χ3n) is 14.5. The fourth-order valence-corrected chi connectivity index (χ4v) is 10.4. The molecule has 3 aromatic rings. The molecule has 2 aromatic carbocycles. The number of carbonyl (C=O) groups is 4. The number of benzene rings is 2. The van der Waals surface area contributed by atoms with Gasteiger partial charge in [-0.1, -0.05) is 231 Å². The van der Waals surface area contributed by atoms with Crippen LogP contribution in [0.25, 0.3) is 10.9 Å². The second kappa shape index (κ2) is 42.6. The van der Waals surface area contributed by atoms with Crippen LogP contribution in [0.15, 0.2) is 54.7 Å². The zero-order chi connectivity index (χ0) is 56.5. The van der Waals surface area contributed by atoms with E-state index in [-0.39, 0.29) is 31.3 Å². The molecular weight excluding hydrogens is 1010 g/mol. The number of aromatic nitrogens is 1. The van der Waals surface area contributed by atoms with E-state index in [1.807, 2.05) is 42.5 Å². The number of aromatic amines is 1. The number of carbonyl (C=O) groups excluding carboxylic acids is 4. The van der Waals surface area contributed by atoms with Gasteiger partial charge >= 0.3 is 7.82 Å². The lowest BCUT2D eigenvalue weighted by molar-refractivity contribution is -0.130. The van der Waals surface area contributed by atoms with Crippen molar-refractivity contribution in [1.82, 2.24) is 26.3 Å². The van der Waals surface area contributed by atoms with E-state index in [2.05, 4.69) is 40.1 Å². The number of hydrogen-bond donors (Lipinski definition) is 7. The average Bonchev–Trinajstić information content (AvgIpc) is 3.88. The van der Waals surface area contributed by atoms with E-state index in [4.69, 9.17) is 13.8 Å². The Bertz CT molecular complexity index is 2100. The molecule has 0 radical (unpaired) electrons. The monoisotopic (exact) mass is 1110 g/mol. The van der Waals surface area contributed by atoms with Crippen molar-refractivity contribution in [1.29, 1.82) is 0 Å². The summed E-state index contributed by atoms with van der Waals surface area (Å²) in [6.07, 6.45) is 36.4. The van der Waals surface area contributed by atoms with Gasteiger partial charge in [0.15, 0.2) is 0 Å². The molecule has 0 aliphatic heterocycles. The van der Waals surface area contributed by atoms with Crippen LogP contribution in [0.3, 0.4) is 0 Å². The van der Waals surface area contributed by atoms with Gasteiger partial charge in [0.05, 0.1) is 24.9 Å². The minimum atomic E-state index is -4.77. The Balaban J connectivity index is 1.42. The lowest BCUT2D eigenvalue weighted by Gasteiger charge is -2.22.